The number of sulfonamides is 1. The molecular weight excluding hydrogens is 415 g/mol. The fourth-order valence-electron chi connectivity index (χ4n) is 4.50. The quantitative estimate of drug-likeness (QED) is 0.549. The molecule has 0 heterocycles. The van der Waals surface area contributed by atoms with Crippen molar-refractivity contribution in [2.45, 2.75) is 44.1 Å². The predicted molar refractivity (Wildman–Crippen MR) is 120 cm³/mol. The minimum Gasteiger partial charge on any atom is -0.492 e. The zero-order valence-corrected chi connectivity index (χ0v) is 18.8. The summed E-state index contributed by atoms with van der Waals surface area (Å²) in [5, 5.41) is 3.43. The van der Waals surface area contributed by atoms with E-state index in [-0.39, 0.29) is 30.6 Å². The lowest BCUT2D eigenvalue weighted by molar-refractivity contribution is 0.320. The number of aryl methyl sites for hydroxylation is 1. The maximum absolute atomic E-state index is 13.7. The number of benzene rings is 2. The van der Waals surface area contributed by atoms with Gasteiger partial charge in [0.25, 0.3) is 0 Å². The summed E-state index contributed by atoms with van der Waals surface area (Å²) in [4.78, 5) is 0. The number of halogens is 1. The van der Waals surface area contributed by atoms with E-state index in [0.29, 0.717) is 12.0 Å². The Kier molecular flexibility index (Phi) is 6.94. The standard InChI is InChI=1S/C24H31FN2O3S/c1-26-24-10-8-19-7-9-21(30-12-11-27-31(28,29)16-17-5-6-17)15-22(19)23(24)14-18-3-2-4-20(25)13-18/h2-4,7,9,13,15,17,23-24,26-27H,5-6,8,10-12,14,16H2,1H3. The van der Waals surface area contributed by atoms with Crippen LogP contribution < -0.4 is 14.8 Å². The van der Waals surface area contributed by atoms with E-state index in [1.807, 2.05) is 19.2 Å². The van der Waals surface area contributed by atoms with Gasteiger partial charge in [-0.1, -0.05) is 18.2 Å². The first-order valence-electron chi connectivity index (χ1n) is 11.1. The number of fused-ring (bicyclic) bond motifs is 1. The van der Waals surface area contributed by atoms with Crippen LogP contribution in [0.3, 0.4) is 0 Å². The summed E-state index contributed by atoms with van der Waals surface area (Å²) in [5.41, 5.74) is 3.50. The lowest BCUT2D eigenvalue weighted by Gasteiger charge is -2.34. The first kappa shape index (κ1) is 22.2. The van der Waals surface area contributed by atoms with E-state index in [4.69, 9.17) is 4.74 Å². The molecule has 2 aliphatic carbocycles. The van der Waals surface area contributed by atoms with Crippen LogP contribution in [0.5, 0.6) is 5.75 Å². The topological polar surface area (TPSA) is 67.4 Å². The van der Waals surface area contributed by atoms with E-state index in [1.165, 1.54) is 17.2 Å². The van der Waals surface area contributed by atoms with Crippen molar-refractivity contribution in [3.05, 3.63) is 65.0 Å². The van der Waals surface area contributed by atoms with Crippen LogP contribution in [0.1, 0.15) is 41.9 Å². The zero-order chi connectivity index (χ0) is 21.8. The van der Waals surface area contributed by atoms with Gasteiger partial charge in [-0.15, -0.1) is 0 Å². The molecule has 0 spiro atoms. The Labute approximate surface area is 184 Å². The van der Waals surface area contributed by atoms with Crippen LogP contribution in [-0.2, 0) is 22.9 Å². The van der Waals surface area contributed by atoms with Gasteiger partial charge in [0, 0.05) is 18.5 Å². The highest BCUT2D eigenvalue weighted by molar-refractivity contribution is 7.89. The van der Waals surface area contributed by atoms with Crippen molar-refractivity contribution >= 4 is 10.0 Å². The number of likely N-dealkylation sites (N-methyl/N-ethyl adjacent to an activating group) is 1. The molecule has 5 nitrogen and oxygen atoms in total. The molecule has 0 radical (unpaired) electrons. The van der Waals surface area contributed by atoms with Gasteiger partial charge in [-0.25, -0.2) is 17.5 Å². The normalized spacial score (nSPS) is 21.0. The number of hydrogen-bond acceptors (Lipinski definition) is 4. The van der Waals surface area contributed by atoms with E-state index < -0.39 is 10.0 Å². The molecule has 31 heavy (non-hydrogen) atoms. The molecule has 168 valence electrons. The molecule has 2 atom stereocenters. The first-order chi connectivity index (χ1) is 14.9. The van der Waals surface area contributed by atoms with Gasteiger partial charge in [0.05, 0.1) is 5.75 Å². The Hall–Kier alpha value is -1.96. The fraction of sp³-hybridized carbons (Fsp3) is 0.500. The van der Waals surface area contributed by atoms with E-state index in [0.717, 1.165) is 43.4 Å². The minimum atomic E-state index is -3.21. The van der Waals surface area contributed by atoms with Gasteiger partial charge < -0.3 is 10.1 Å². The summed E-state index contributed by atoms with van der Waals surface area (Å²) < 4.78 is 46.2. The molecule has 0 aromatic heterocycles. The molecule has 2 N–H and O–H groups in total. The van der Waals surface area contributed by atoms with Crippen molar-refractivity contribution in [3.63, 3.8) is 0 Å². The number of hydrogen-bond donors (Lipinski definition) is 2. The average Bonchev–Trinajstić information content (AvgIpc) is 3.55. The molecule has 4 rings (SSSR count). The van der Waals surface area contributed by atoms with E-state index in [1.54, 1.807) is 12.1 Å². The van der Waals surface area contributed by atoms with Gasteiger partial charge in [0.1, 0.15) is 18.2 Å². The van der Waals surface area contributed by atoms with Crippen LogP contribution in [0, 0.1) is 11.7 Å². The molecule has 0 amide bonds. The van der Waals surface area contributed by atoms with Gasteiger partial charge in [0.2, 0.25) is 10.0 Å². The Balaban J connectivity index is 1.42. The summed E-state index contributed by atoms with van der Waals surface area (Å²) in [6, 6.07) is 13.2. The molecule has 2 aromatic carbocycles. The summed E-state index contributed by atoms with van der Waals surface area (Å²) >= 11 is 0. The highest BCUT2D eigenvalue weighted by Gasteiger charge is 2.29. The first-order valence-corrected chi connectivity index (χ1v) is 12.7. The van der Waals surface area contributed by atoms with Crippen molar-refractivity contribution in [1.82, 2.24) is 10.0 Å². The third-order valence-electron chi connectivity index (χ3n) is 6.29. The maximum Gasteiger partial charge on any atom is 0.211 e. The minimum absolute atomic E-state index is 0.212. The maximum atomic E-state index is 13.7. The Morgan fingerprint density at radius 1 is 1.13 bits per heavy atom. The zero-order valence-electron chi connectivity index (χ0n) is 17.9. The van der Waals surface area contributed by atoms with Crippen molar-refractivity contribution in [2.75, 3.05) is 26.0 Å². The summed E-state index contributed by atoms with van der Waals surface area (Å²) in [7, 11) is -1.24. The predicted octanol–water partition coefficient (Wildman–Crippen LogP) is 3.39. The third kappa shape index (κ3) is 6.05. The van der Waals surface area contributed by atoms with Crippen molar-refractivity contribution in [2.24, 2.45) is 5.92 Å². The number of ether oxygens (including phenoxy) is 1. The van der Waals surface area contributed by atoms with E-state index >= 15 is 0 Å². The van der Waals surface area contributed by atoms with Crippen LogP contribution in [0.25, 0.3) is 0 Å². The van der Waals surface area contributed by atoms with E-state index in [9.17, 15) is 12.8 Å². The Morgan fingerprint density at radius 3 is 2.71 bits per heavy atom. The molecule has 2 aliphatic rings. The number of rotatable bonds is 10. The second-order valence-electron chi connectivity index (χ2n) is 8.70. The van der Waals surface area contributed by atoms with Crippen LogP contribution in [0.2, 0.25) is 0 Å². The van der Waals surface area contributed by atoms with Crippen molar-refractivity contribution in [1.29, 1.82) is 0 Å². The van der Waals surface area contributed by atoms with Crippen LogP contribution in [-0.4, -0.2) is 40.4 Å². The summed E-state index contributed by atoms with van der Waals surface area (Å²) in [6.45, 7) is 0.546. The second kappa shape index (κ2) is 9.67. The lowest BCUT2D eigenvalue weighted by Crippen LogP contribution is -2.37. The summed E-state index contributed by atoms with van der Waals surface area (Å²) in [5.74, 6) is 1.29. The molecule has 1 fully saturated rings. The smallest absolute Gasteiger partial charge is 0.211 e. The molecule has 0 saturated heterocycles. The van der Waals surface area contributed by atoms with Crippen LogP contribution >= 0.6 is 0 Å². The molecule has 7 heteroatoms. The van der Waals surface area contributed by atoms with Crippen molar-refractivity contribution < 1.29 is 17.5 Å². The third-order valence-corrected chi connectivity index (χ3v) is 7.84. The van der Waals surface area contributed by atoms with Crippen LogP contribution in [0.4, 0.5) is 4.39 Å². The molecular formula is C24H31FN2O3S. The SMILES string of the molecule is CNC1CCc2ccc(OCCNS(=O)(=O)CC3CC3)cc2C1Cc1cccc(F)c1. The van der Waals surface area contributed by atoms with Gasteiger partial charge >= 0.3 is 0 Å². The van der Waals surface area contributed by atoms with Gasteiger partial charge in [0.15, 0.2) is 0 Å². The van der Waals surface area contributed by atoms with Crippen LogP contribution in [0.15, 0.2) is 42.5 Å². The molecule has 0 aliphatic heterocycles. The Bertz CT molecular complexity index is 1010. The largest absolute Gasteiger partial charge is 0.492 e. The monoisotopic (exact) mass is 446 g/mol. The van der Waals surface area contributed by atoms with Gasteiger partial charge in [-0.3, -0.25) is 0 Å². The van der Waals surface area contributed by atoms with Gasteiger partial charge in [-0.05, 0) is 86.0 Å². The van der Waals surface area contributed by atoms with Gasteiger partial charge in [-0.2, -0.15) is 0 Å². The number of nitrogens with one attached hydrogen (secondary N) is 2. The average molecular weight is 447 g/mol. The molecule has 2 aromatic rings. The summed E-state index contributed by atoms with van der Waals surface area (Å²) in [6.07, 6.45) is 4.79. The molecule has 2 unspecified atom stereocenters. The van der Waals surface area contributed by atoms with Crippen molar-refractivity contribution in [3.8, 4) is 5.75 Å². The fourth-order valence-corrected chi connectivity index (χ4v) is 5.97. The highest BCUT2D eigenvalue weighted by Crippen LogP contribution is 2.36. The lowest BCUT2D eigenvalue weighted by atomic mass is 9.76. The highest BCUT2D eigenvalue weighted by atomic mass is 32.2. The second-order valence-corrected chi connectivity index (χ2v) is 10.6. The molecule has 0 bridgehead atoms. The Morgan fingerprint density at radius 2 is 1.97 bits per heavy atom. The van der Waals surface area contributed by atoms with E-state index in [2.05, 4.69) is 22.2 Å². The molecule has 1 saturated carbocycles.